The molecule has 0 bridgehead atoms. The largest absolute Gasteiger partial charge is 0.368 e. The van der Waals surface area contributed by atoms with Gasteiger partial charge < -0.3 is 10.2 Å². The monoisotopic (exact) mass is 429 g/mol. The van der Waals surface area contributed by atoms with E-state index < -0.39 is 10.0 Å². The highest BCUT2D eigenvalue weighted by molar-refractivity contribution is 7.93. The number of sulfonamides is 1. The van der Waals surface area contributed by atoms with Crippen molar-refractivity contribution in [2.24, 2.45) is 0 Å². The molecular weight excluding hydrogens is 406 g/mol. The summed E-state index contributed by atoms with van der Waals surface area (Å²) in [6, 6.07) is 16.6. The summed E-state index contributed by atoms with van der Waals surface area (Å²) in [5.74, 6) is 0. The number of rotatable bonds is 4. The molecule has 1 fully saturated rings. The van der Waals surface area contributed by atoms with Crippen molar-refractivity contribution in [3.05, 3.63) is 65.2 Å². The molecule has 3 aromatic carbocycles. The minimum Gasteiger partial charge on any atom is -0.368 e. The maximum atomic E-state index is 13.5. The van der Waals surface area contributed by atoms with Gasteiger partial charge in [0.25, 0.3) is 10.0 Å². The number of aryl methyl sites for hydroxylation is 1. The van der Waals surface area contributed by atoms with Gasteiger partial charge in [0.05, 0.1) is 10.6 Å². The second kappa shape index (κ2) is 7.86. The van der Waals surface area contributed by atoms with Gasteiger partial charge in [-0.2, -0.15) is 0 Å². The van der Waals surface area contributed by atoms with Gasteiger partial charge in [-0.05, 0) is 36.8 Å². The van der Waals surface area contributed by atoms with E-state index in [1.165, 1.54) is 4.31 Å². The van der Waals surface area contributed by atoms with Crippen LogP contribution < -0.4 is 14.5 Å². The zero-order valence-electron chi connectivity index (χ0n) is 16.5. The van der Waals surface area contributed by atoms with Crippen LogP contribution >= 0.6 is 11.6 Å². The summed E-state index contributed by atoms with van der Waals surface area (Å²) in [5.41, 5.74) is 2.52. The highest BCUT2D eigenvalue weighted by Gasteiger charge is 2.25. The van der Waals surface area contributed by atoms with Crippen LogP contribution in [-0.4, -0.2) is 41.6 Å². The Morgan fingerprint density at radius 3 is 2.38 bits per heavy atom. The van der Waals surface area contributed by atoms with Gasteiger partial charge in [0, 0.05) is 54.7 Å². The summed E-state index contributed by atoms with van der Waals surface area (Å²) in [6.45, 7) is 5.54. The van der Waals surface area contributed by atoms with E-state index in [0.717, 1.165) is 48.2 Å². The Morgan fingerprint density at radius 2 is 1.69 bits per heavy atom. The molecule has 1 saturated heterocycles. The highest BCUT2D eigenvalue weighted by Crippen LogP contribution is 2.35. The summed E-state index contributed by atoms with van der Waals surface area (Å²) >= 11 is 6.22. The normalized spacial score (nSPS) is 14.9. The third kappa shape index (κ3) is 3.68. The summed E-state index contributed by atoms with van der Waals surface area (Å²) in [4.78, 5) is 2.60. The van der Waals surface area contributed by atoms with Crippen LogP contribution in [-0.2, 0) is 10.0 Å². The number of nitrogens with zero attached hydrogens (tertiary/aromatic N) is 2. The predicted octanol–water partition coefficient (Wildman–Crippen LogP) is 4.04. The van der Waals surface area contributed by atoms with Crippen molar-refractivity contribution in [3.63, 3.8) is 0 Å². The molecule has 1 heterocycles. The first-order valence-corrected chi connectivity index (χ1v) is 11.4. The molecule has 0 unspecified atom stereocenters. The zero-order valence-corrected chi connectivity index (χ0v) is 18.1. The summed E-state index contributed by atoms with van der Waals surface area (Å²) < 4.78 is 28.3. The lowest BCUT2D eigenvalue weighted by Crippen LogP contribution is -2.43. The highest BCUT2D eigenvalue weighted by atomic mass is 35.5. The Balaban J connectivity index is 1.81. The standard InChI is InChI=1S/C22H24ClN3O2S/c1-16-7-8-17(15-20(16)23)25(2)29(27,28)22-10-9-21(26-13-11-24-12-14-26)18-5-3-4-6-19(18)22/h3-10,15,24H,11-14H2,1-2H3. The molecule has 0 saturated carbocycles. The van der Waals surface area contributed by atoms with Crippen LogP contribution in [0.3, 0.4) is 0 Å². The summed E-state index contributed by atoms with van der Waals surface area (Å²) in [6.07, 6.45) is 0. The third-order valence-corrected chi connectivity index (χ3v) is 7.73. The van der Waals surface area contributed by atoms with Crippen molar-refractivity contribution in [2.45, 2.75) is 11.8 Å². The van der Waals surface area contributed by atoms with E-state index in [4.69, 9.17) is 11.6 Å². The number of benzene rings is 3. The first kappa shape index (κ1) is 20.0. The number of hydrogen-bond acceptors (Lipinski definition) is 4. The number of anilines is 2. The first-order valence-electron chi connectivity index (χ1n) is 9.62. The second-order valence-corrected chi connectivity index (χ2v) is 9.62. The first-order chi connectivity index (χ1) is 13.9. The molecule has 3 aromatic rings. The van der Waals surface area contributed by atoms with Gasteiger partial charge >= 0.3 is 0 Å². The van der Waals surface area contributed by atoms with Crippen molar-refractivity contribution in [3.8, 4) is 0 Å². The SMILES string of the molecule is Cc1ccc(N(C)S(=O)(=O)c2ccc(N3CCNCC3)c3ccccc23)cc1Cl. The van der Waals surface area contributed by atoms with Gasteiger partial charge in [0.15, 0.2) is 0 Å². The Bertz CT molecular complexity index is 1160. The van der Waals surface area contributed by atoms with Crippen LogP contribution in [0.1, 0.15) is 5.56 Å². The van der Waals surface area contributed by atoms with Gasteiger partial charge in [-0.25, -0.2) is 8.42 Å². The molecule has 0 aromatic heterocycles. The molecule has 1 aliphatic rings. The zero-order chi connectivity index (χ0) is 20.6. The van der Waals surface area contributed by atoms with E-state index in [9.17, 15) is 8.42 Å². The third-order valence-electron chi connectivity index (χ3n) is 5.48. The Morgan fingerprint density at radius 1 is 1.00 bits per heavy atom. The molecule has 7 heteroatoms. The van der Waals surface area contributed by atoms with E-state index in [1.807, 2.05) is 43.3 Å². The van der Waals surface area contributed by atoms with Crippen LogP contribution in [0.4, 0.5) is 11.4 Å². The van der Waals surface area contributed by atoms with Crippen LogP contribution in [0.2, 0.25) is 5.02 Å². The van der Waals surface area contributed by atoms with Gasteiger partial charge in [-0.3, -0.25) is 4.31 Å². The molecular formula is C22H24ClN3O2S. The Hall–Kier alpha value is -2.28. The van der Waals surface area contributed by atoms with Crippen molar-refractivity contribution in [2.75, 3.05) is 42.4 Å². The van der Waals surface area contributed by atoms with E-state index in [-0.39, 0.29) is 0 Å². The van der Waals surface area contributed by atoms with Crippen molar-refractivity contribution >= 4 is 43.8 Å². The molecule has 0 radical (unpaired) electrons. The molecule has 0 amide bonds. The molecule has 1 N–H and O–H groups in total. The van der Waals surface area contributed by atoms with Crippen molar-refractivity contribution in [1.82, 2.24) is 5.32 Å². The lowest BCUT2D eigenvalue weighted by Gasteiger charge is -2.31. The average molecular weight is 430 g/mol. The number of hydrogen-bond donors (Lipinski definition) is 1. The van der Waals surface area contributed by atoms with Crippen LogP contribution in [0.5, 0.6) is 0 Å². The Labute approximate surface area is 176 Å². The smallest absolute Gasteiger partial charge is 0.264 e. The van der Waals surface area contributed by atoms with Gasteiger partial charge in [-0.15, -0.1) is 0 Å². The molecule has 0 atom stereocenters. The molecule has 152 valence electrons. The number of halogens is 1. The van der Waals surface area contributed by atoms with Gasteiger partial charge in [0.1, 0.15) is 0 Å². The van der Waals surface area contributed by atoms with E-state index in [1.54, 1.807) is 25.2 Å². The fourth-order valence-corrected chi connectivity index (χ4v) is 5.28. The van der Waals surface area contributed by atoms with Crippen molar-refractivity contribution < 1.29 is 8.42 Å². The lowest BCUT2D eigenvalue weighted by molar-refractivity contribution is 0.589. The van der Waals surface area contributed by atoms with Crippen LogP contribution in [0.15, 0.2) is 59.5 Å². The van der Waals surface area contributed by atoms with Gasteiger partial charge in [0.2, 0.25) is 0 Å². The van der Waals surface area contributed by atoms with Crippen molar-refractivity contribution in [1.29, 1.82) is 0 Å². The molecule has 1 aliphatic heterocycles. The number of fused-ring (bicyclic) bond motifs is 1. The molecule has 5 nitrogen and oxygen atoms in total. The molecule has 0 aliphatic carbocycles. The minimum atomic E-state index is -3.75. The van der Waals surface area contributed by atoms with Gasteiger partial charge in [-0.1, -0.05) is 41.9 Å². The second-order valence-electron chi connectivity index (χ2n) is 7.27. The fraction of sp³-hybridized carbons (Fsp3) is 0.273. The molecule has 0 spiro atoms. The summed E-state index contributed by atoms with van der Waals surface area (Å²) in [7, 11) is -2.19. The minimum absolute atomic E-state index is 0.297. The maximum absolute atomic E-state index is 13.5. The van der Waals surface area contributed by atoms with Crippen LogP contribution in [0, 0.1) is 6.92 Å². The molecule has 4 rings (SSSR count). The Kier molecular flexibility index (Phi) is 5.42. The quantitative estimate of drug-likeness (QED) is 0.680. The lowest BCUT2D eigenvalue weighted by atomic mass is 10.1. The van der Waals surface area contributed by atoms with Crippen LogP contribution in [0.25, 0.3) is 10.8 Å². The van der Waals surface area contributed by atoms with E-state index in [0.29, 0.717) is 15.6 Å². The average Bonchev–Trinajstić information content (AvgIpc) is 2.75. The van der Waals surface area contributed by atoms with E-state index in [2.05, 4.69) is 10.2 Å². The fourth-order valence-electron chi connectivity index (χ4n) is 3.73. The number of piperazine rings is 1. The maximum Gasteiger partial charge on any atom is 0.264 e. The number of nitrogens with one attached hydrogen (secondary N) is 1. The predicted molar refractivity (Wildman–Crippen MR) is 121 cm³/mol. The van der Waals surface area contributed by atoms with E-state index >= 15 is 0 Å². The summed E-state index contributed by atoms with van der Waals surface area (Å²) in [5, 5.41) is 5.58. The topological polar surface area (TPSA) is 52.7 Å². The molecule has 29 heavy (non-hydrogen) atoms.